The predicted molar refractivity (Wildman–Crippen MR) is 145 cm³/mol. The molecule has 1 aliphatic heterocycles. The molecule has 6 nitrogen and oxygen atoms in total. The van der Waals surface area contributed by atoms with Crippen molar-refractivity contribution in [2.45, 2.75) is 64.5 Å². The highest BCUT2D eigenvalue weighted by Gasteiger charge is 2.32. The summed E-state index contributed by atoms with van der Waals surface area (Å²) in [5.74, 6) is -1.18. The Hall–Kier alpha value is -1.87. The Kier molecular flexibility index (Phi) is 8.73. The molecule has 37 heavy (non-hydrogen) atoms. The number of sulfonamides is 1. The molecule has 1 N–H and O–H groups in total. The highest BCUT2D eigenvalue weighted by Crippen LogP contribution is 2.45. The van der Waals surface area contributed by atoms with Crippen LogP contribution in [0.25, 0.3) is 0 Å². The van der Waals surface area contributed by atoms with Crippen LogP contribution >= 0.6 is 23.2 Å². The molecule has 1 amide bonds. The lowest BCUT2D eigenvalue weighted by Gasteiger charge is -2.42. The summed E-state index contributed by atoms with van der Waals surface area (Å²) in [7, 11) is -3.79. The van der Waals surface area contributed by atoms with Gasteiger partial charge in [0.25, 0.3) is 5.91 Å². The minimum absolute atomic E-state index is 0.116. The highest BCUT2D eigenvalue weighted by atomic mass is 35.5. The Labute approximate surface area is 228 Å². The molecular weight excluding hydrogens is 538 g/mol. The molecule has 1 saturated heterocycles. The van der Waals surface area contributed by atoms with Gasteiger partial charge in [-0.15, -0.1) is 0 Å². The number of carbonyl (C=O) groups is 1. The van der Waals surface area contributed by atoms with Crippen molar-refractivity contribution in [3.63, 3.8) is 0 Å². The number of rotatable bonds is 9. The van der Waals surface area contributed by atoms with Crippen molar-refractivity contribution in [2.75, 3.05) is 18.9 Å². The lowest BCUT2D eigenvalue weighted by molar-refractivity contribution is 0.0584. The van der Waals surface area contributed by atoms with Gasteiger partial charge in [0.2, 0.25) is 10.0 Å². The van der Waals surface area contributed by atoms with Crippen LogP contribution in [-0.4, -0.2) is 44.2 Å². The van der Waals surface area contributed by atoms with Gasteiger partial charge in [-0.3, -0.25) is 9.69 Å². The second-order valence-corrected chi connectivity index (χ2v) is 13.0. The summed E-state index contributed by atoms with van der Waals surface area (Å²) in [6.45, 7) is 6.99. The van der Waals surface area contributed by atoms with Crippen molar-refractivity contribution < 1.29 is 22.3 Å². The molecule has 0 unspecified atom stereocenters. The molecule has 0 spiro atoms. The first-order valence-corrected chi connectivity index (χ1v) is 15.1. The van der Waals surface area contributed by atoms with E-state index in [2.05, 4.69) is 18.7 Å². The zero-order valence-electron chi connectivity index (χ0n) is 21.3. The molecule has 3 atom stereocenters. The number of carbonyl (C=O) groups excluding carboxylic acids is 1. The molecule has 10 heteroatoms. The van der Waals surface area contributed by atoms with Gasteiger partial charge in [-0.25, -0.2) is 17.5 Å². The number of hydrogen-bond acceptors (Lipinski definition) is 5. The van der Waals surface area contributed by atoms with E-state index >= 15 is 0 Å². The summed E-state index contributed by atoms with van der Waals surface area (Å²) in [6, 6.07) is 8.78. The number of nitrogens with one attached hydrogen (secondary N) is 1. The number of hydrogen-bond donors (Lipinski definition) is 1. The maximum absolute atomic E-state index is 14.9. The zero-order valence-corrected chi connectivity index (χ0v) is 23.6. The average molecular weight is 572 g/mol. The lowest BCUT2D eigenvalue weighted by Crippen LogP contribution is -2.44. The van der Waals surface area contributed by atoms with Gasteiger partial charge in [-0.05, 0) is 87.8 Å². The van der Waals surface area contributed by atoms with E-state index in [1.165, 1.54) is 19.1 Å². The van der Waals surface area contributed by atoms with E-state index in [1.807, 2.05) is 16.9 Å². The van der Waals surface area contributed by atoms with Crippen LogP contribution < -0.4 is 9.46 Å². The average Bonchev–Trinajstić information content (AvgIpc) is 3.67. The van der Waals surface area contributed by atoms with E-state index in [-0.39, 0.29) is 29.2 Å². The minimum atomic E-state index is -3.79. The number of benzene rings is 2. The summed E-state index contributed by atoms with van der Waals surface area (Å²) >= 11 is 12.5. The van der Waals surface area contributed by atoms with Crippen LogP contribution in [0.3, 0.4) is 0 Å². The molecule has 1 saturated carbocycles. The number of ether oxygens (including phenoxy) is 1. The van der Waals surface area contributed by atoms with Crippen LogP contribution in [0.2, 0.25) is 10.0 Å². The smallest absolute Gasteiger partial charge is 0.267 e. The highest BCUT2D eigenvalue weighted by molar-refractivity contribution is 7.90. The van der Waals surface area contributed by atoms with Gasteiger partial charge in [0.15, 0.2) is 0 Å². The summed E-state index contributed by atoms with van der Waals surface area (Å²) in [6.07, 6.45) is 3.83. The van der Waals surface area contributed by atoms with Crippen LogP contribution in [0.15, 0.2) is 30.3 Å². The van der Waals surface area contributed by atoms with Crippen molar-refractivity contribution in [1.29, 1.82) is 0 Å². The van der Waals surface area contributed by atoms with Crippen LogP contribution in [-0.2, 0) is 10.0 Å². The second kappa shape index (κ2) is 11.5. The second-order valence-electron chi connectivity index (χ2n) is 10.2. The predicted octanol–water partition coefficient (Wildman–Crippen LogP) is 6.33. The maximum atomic E-state index is 14.9. The number of nitrogens with zero attached hydrogens (tertiary/aromatic N) is 1. The fourth-order valence-electron chi connectivity index (χ4n) is 4.96. The van der Waals surface area contributed by atoms with Gasteiger partial charge in [-0.2, -0.15) is 0 Å². The molecule has 1 heterocycles. The SMILES string of the molecule is CCS(=O)(=O)NC(=O)c1cc(C2CC2)c(OC[C@@H]2CC[C@@H](C)N([C@H](C)c3cc(Cl)cc(Cl)c3)C2)cc1F. The van der Waals surface area contributed by atoms with Gasteiger partial charge in [0.1, 0.15) is 11.6 Å². The molecule has 2 aromatic carbocycles. The van der Waals surface area contributed by atoms with E-state index < -0.39 is 21.7 Å². The third-order valence-corrected chi connectivity index (χ3v) is 9.05. The molecule has 1 aliphatic carbocycles. The fourth-order valence-corrected chi connectivity index (χ4v) is 6.04. The molecule has 0 aromatic heterocycles. The topological polar surface area (TPSA) is 75.7 Å². The van der Waals surface area contributed by atoms with E-state index in [1.54, 1.807) is 6.07 Å². The molecule has 2 fully saturated rings. The Morgan fingerprint density at radius 1 is 1.14 bits per heavy atom. The van der Waals surface area contributed by atoms with E-state index in [0.29, 0.717) is 28.4 Å². The van der Waals surface area contributed by atoms with Crippen molar-refractivity contribution in [1.82, 2.24) is 9.62 Å². The van der Waals surface area contributed by atoms with E-state index in [4.69, 9.17) is 27.9 Å². The first-order chi connectivity index (χ1) is 17.5. The van der Waals surface area contributed by atoms with Crippen LogP contribution in [0.5, 0.6) is 5.75 Å². The monoisotopic (exact) mass is 570 g/mol. The molecule has 202 valence electrons. The third-order valence-electron chi connectivity index (χ3n) is 7.36. The lowest BCUT2D eigenvalue weighted by atomic mass is 9.91. The fraction of sp³-hybridized carbons (Fsp3) is 0.519. The normalized spacial score (nSPS) is 21.5. The Bertz CT molecular complexity index is 1250. The Morgan fingerprint density at radius 2 is 1.81 bits per heavy atom. The molecular formula is C27H33Cl2FN2O4S. The van der Waals surface area contributed by atoms with E-state index in [9.17, 15) is 17.6 Å². The summed E-state index contributed by atoms with van der Waals surface area (Å²) < 4.78 is 46.6. The van der Waals surface area contributed by atoms with Gasteiger partial charge >= 0.3 is 0 Å². The van der Waals surface area contributed by atoms with Crippen molar-refractivity contribution in [2.24, 2.45) is 5.92 Å². The van der Waals surface area contributed by atoms with Gasteiger partial charge < -0.3 is 4.74 Å². The van der Waals surface area contributed by atoms with Crippen molar-refractivity contribution in [3.8, 4) is 5.75 Å². The molecule has 0 bridgehead atoms. The van der Waals surface area contributed by atoms with E-state index in [0.717, 1.165) is 43.4 Å². The van der Waals surface area contributed by atoms with Gasteiger partial charge in [0.05, 0.1) is 17.9 Å². The molecule has 0 radical (unpaired) electrons. The number of piperidine rings is 1. The standard InChI is InChI=1S/C27H33Cl2FN2O4S/c1-4-37(34,35)31-27(33)24-12-23(19-7-8-19)26(13-25(24)30)36-15-18-6-5-16(2)32(14-18)17(3)20-9-21(28)11-22(29)10-20/h9-13,16-19H,4-8,14-15H2,1-3H3,(H,31,33)/t16-,17-,18-/m1/s1. The van der Waals surface area contributed by atoms with Gasteiger partial charge in [-0.1, -0.05) is 23.2 Å². The summed E-state index contributed by atoms with van der Waals surface area (Å²) in [5, 5.41) is 1.22. The first-order valence-electron chi connectivity index (χ1n) is 12.7. The summed E-state index contributed by atoms with van der Waals surface area (Å²) in [5.41, 5.74) is 1.53. The van der Waals surface area contributed by atoms with Gasteiger partial charge in [0, 0.05) is 40.7 Å². The number of amides is 1. The molecule has 4 rings (SSSR count). The quantitative estimate of drug-likeness (QED) is 0.381. The van der Waals surface area contributed by atoms with Crippen LogP contribution in [0.1, 0.15) is 79.9 Å². The largest absolute Gasteiger partial charge is 0.493 e. The molecule has 2 aliphatic rings. The summed E-state index contributed by atoms with van der Waals surface area (Å²) in [4.78, 5) is 14.9. The zero-order chi connectivity index (χ0) is 26.9. The number of likely N-dealkylation sites (tertiary alicyclic amines) is 1. The Balaban J connectivity index is 1.47. The Morgan fingerprint density at radius 3 is 2.43 bits per heavy atom. The molecule has 2 aromatic rings. The minimum Gasteiger partial charge on any atom is -0.493 e. The van der Waals surface area contributed by atoms with Crippen LogP contribution in [0.4, 0.5) is 4.39 Å². The third kappa shape index (κ3) is 6.96. The first kappa shape index (κ1) is 28.1. The maximum Gasteiger partial charge on any atom is 0.267 e. The van der Waals surface area contributed by atoms with Crippen molar-refractivity contribution in [3.05, 3.63) is 62.9 Å². The number of halogens is 3. The van der Waals surface area contributed by atoms with Crippen LogP contribution in [0, 0.1) is 11.7 Å². The van der Waals surface area contributed by atoms with Crippen molar-refractivity contribution >= 4 is 39.1 Å².